The molecule has 2 heterocycles. The molecular weight excluding hydrogens is 402 g/mol. The second-order valence-electron chi connectivity index (χ2n) is 7.92. The van der Waals surface area contributed by atoms with Crippen LogP contribution in [0.15, 0.2) is 34.9 Å². The highest BCUT2D eigenvalue weighted by Crippen LogP contribution is 2.27. The largest absolute Gasteiger partial charge is 0.339 e. The average Bonchev–Trinajstić information content (AvgIpc) is 3.34. The van der Waals surface area contributed by atoms with E-state index in [9.17, 15) is 9.59 Å². The van der Waals surface area contributed by atoms with Gasteiger partial charge < -0.3 is 4.52 Å². The van der Waals surface area contributed by atoms with Crippen molar-refractivity contribution in [1.82, 2.24) is 26.0 Å². The molecule has 0 fully saturated rings. The van der Waals surface area contributed by atoms with E-state index in [1.165, 1.54) is 11.3 Å². The average molecular weight is 428 g/mol. The Kier molecular flexibility index (Phi) is 6.61. The Bertz CT molecular complexity index is 1020. The van der Waals surface area contributed by atoms with Crippen LogP contribution in [0.25, 0.3) is 10.6 Å². The molecule has 0 bridgehead atoms. The molecule has 2 N–H and O–H groups in total. The van der Waals surface area contributed by atoms with Gasteiger partial charge in [-0.3, -0.25) is 20.4 Å². The number of aromatic nitrogens is 3. The van der Waals surface area contributed by atoms with Crippen LogP contribution in [0, 0.1) is 6.92 Å². The summed E-state index contributed by atoms with van der Waals surface area (Å²) in [6, 6.07) is 9.65. The highest BCUT2D eigenvalue weighted by Gasteiger charge is 2.21. The number of thiazole rings is 1. The Hall–Kier alpha value is -3.07. The normalized spacial score (nSPS) is 11.3. The Balaban J connectivity index is 1.46. The Morgan fingerprint density at radius 2 is 1.83 bits per heavy atom. The van der Waals surface area contributed by atoms with E-state index in [2.05, 4.69) is 26.0 Å². The van der Waals surface area contributed by atoms with Crippen molar-refractivity contribution in [3.8, 4) is 10.6 Å². The fraction of sp³-hybridized carbons (Fsp3) is 0.381. The Morgan fingerprint density at radius 1 is 1.10 bits per heavy atom. The third kappa shape index (κ3) is 5.50. The van der Waals surface area contributed by atoms with Gasteiger partial charge in [0.1, 0.15) is 9.88 Å². The summed E-state index contributed by atoms with van der Waals surface area (Å²) < 4.78 is 5.21. The molecule has 0 aliphatic rings. The first kappa shape index (κ1) is 21.6. The number of rotatable bonds is 6. The molecular formula is C21H25N5O3S. The molecule has 0 unspecified atom stereocenters. The van der Waals surface area contributed by atoms with Crippen LogP contribution in [0.4, 0.5) is 0 Å². The zero-order valence-corrected chi connectivity index (χ0v) is 18.3. The van der Waals surface area contributed by atoms with E-state index in [1.807, 2.05) is 51.1 Å². The monoisotopic (exact) mass is 427 g/mol. The number of hydrogen-bond acceptors (Lipinski definition) is 7. The fourth-order valence-electron chi connectivity index (χ4n) is 2.62. The number of hydrogen-bond donors (Lipinski definition) is 2. The van der Waals surface area contributed by atoms with Gasteiger partial charge in [-0.2, -0.15) is 4.98 Å². The topological polar surface area (TPSA) is 110 Å². The van der Waals surface area contributed by atoms with Crippen molar-refractivity contribution in [3.63, 3.8) is 0 Å². The molecule has 8 nitrogen and oxygen atoms in total. The van der Waals surface area contributed by atoms with E-state index in [0.717, 1.165) is 10.6 Å². The molecule has 0 atom stereocenters. The van der Waals surface area contributed by atoms with Gasteiger partial charge in [-0.15, -0.1) is 11.3 Å². The van der Waals surface area contributed by atoms with E-state index in [4.69, 9.17) is 4.52 Å². The molecule has 3 aromatic rings. The number of hydrazine groups is 1. The van der Waals surface area contributed by atoms with Gasteiger partial charge in [0.2, 0.25) is 11.8 Å². The van der Waals surface area contributed by atoms with Crippen molar-refractivity contribution in [2.24, 2.45) is 0 Å². The number of carbonyl (C=O) groups excluding carboxylic acids is 2. The van der Waals surface area contributed by atoms with Gasteiger partial charge in [-0.25, -0.2) is 4.98 Å². The summed E-state index contributed by atoms with van der Waals surface area (Å²) in [5.41, 5.74) is 6.29. The lowest BCUT2D eigenvalue weighted by molar-refractivity contribution is -0.121. The fourth-order valence-corrected chi connectivity index (χ4v) is 3.59. The summed E-state index contributed by atoms with van der Waals surface area (Å²) in [6.07, 6.45) is 1.26. The van der Waals surface area contributed by atoms with Gasteiger partial charge in [-0.1, -0.05) is 56.3 Å². The minimum Gasteiger partial charge on any atom is -0.339 e. The Labute approximate surface area is 179 Å². The molecule has 158 valence electrons. The van der Waals surface area contributed by atoms with Crippen LogP contribution in [0.1, 0.15) is 60.7 Å². The van der Waals surface area contributed by atoms with E-state index >= 15 is 0 Å². The van der Waals surface area contributed by atoms with E-state index in [-0.39, 0.29) is 23.7 Å². The zero-order valence-electron chi connectivity index (χ0n) is 17.5. The highest BCUT2D eigenvalue weighted by molar-refractivity contribution is 7.17. The summed E-state index contributed by atoms with van der Waals surface area (Å²) in [7, 11) is 0. The second-order valence-corrected chi connectivity index (χ2v) is 8.92. The molecule has 30 heavy (non-hydrogen) atoms. The third-order valence-corrected chi connectivity index (χ3v) is 5.48. The molecule has 2 aromatic heterocycles. The summed E-state index contributed by atoms with van der Waals surface area (Å²) >= 11 is 1.29. The van der Waals surface area contributed by atoms with Crippen LogP contribution < -0.4 is 10.9 Å². The van der Waals surface area contributed by atoms with Gasteiger partial charge in [0.05, 0.1) is 5.69 Å². The number of nitrogens with one attached hydrogen (secondary N) is 2. The molecule has 9 heteroatoms. The number of benzene rings is 1. The molecule has 3 rings (SSSR count). The highest BCUT2D eigenvalue weighted by atomic mass is 32.1. The van der Waals surface area contributed by atoms with Crippen molar-refractivity contribution >= 4 is 23.2 Å². The summed E-state index contributed by atoms with van der Waals surface area (Å²) in [6.45, 7) is 7.79. The van der Waals surface area contributed by atoms with Gasteiger partial charge in [-0.05, 0) is 13.3 Å². The molecule has 0 saturated heterocycles. The van der Waals surface area contributed by atoms with Gasteiger partial charge in [0.25, 0.3) is 5.91 Å². The van der Waals surface area contributed by atoms with Gasteiger partial charge in [0, 0.05) is 23.8 Å². The molecule has 0 aliphatic heterocycles. The van der Waals surface area contributed by atoms with Crippen molar-refractivity contribution in [3.05, 3.63) is 52.6 Å². The summed E-state index contributed by atoms with van der Waals surface area (Å²) in [4.78, 5) is 33.7. The lowest BCUT2D eigenvalue weighted by Gasteiger charge is -2.10. The Morgan fingerprint density at radius 3 is 2.50 bits per heavy atom. The van der Waals surface area contributed by atoms with E-state index in [0.29, 0.717) is 35.1 Å². The first-order valence-corrected chi connectivity index (χ1v) is 10.5. The van der Waals surface area contributed by atoms with E-state index in [1.54, 1.807) is 6.92 Å². The quantitative estimate of drug-likeness (QED) is 0.582. The number of nitrogens with zero attached hydrogens (tertiary/aromatic N) is 3. The number of carbonyl (C=O) groups is 2. The molecule has 0 spiro atoms. The maximum atomic E-state index is 12.4. The smallest absolute Gasteiger partial charge is 0.281 e. The molecule has 2 amide bonds. The number of aryl methyl sites for hydroxylation is 2. The summed E-state index contributed by atoms with van der Waals surface area (Å²) in [5, 5.41) is 4.72. The minimum atomic E-state index is -0.382. The van der Waals surface area contributed by atoms with Crippen LogP contribution in [0.3, 0.4) is 0 Å². The molecule has 0 radical (unpaired) electrons. The van der Waals surface area contributed by atoms with Crippen molar-refractivity contribution in [1.29, 1.82) is 0 Å². The van der Waals surface area contributed by atoms with Gasteiger partial charge >= 0.3 is 0 Å². The van der Waals surface area contributed by atoms with Crippen molar-refractivity contribution in [2.75, 3.05) is 0 Å². The second kappa shape index (κ2) is 9.17. The minimum absolute atomic E-state index is 0.182. The van der Waals surface area contributed by atoms with Crippen molar-refractivity contribution in [2.45, 2.75) is 52.4 Å². The van der Waals surface area contributed by atoms with Gasteiger partial charge in [0.15, 0.2) is 5.82 Å². The lowest BCUT2D eigenvalue weighted by atomic mass is 9.96. The molecule has 0 aliphatic carbocycles. The SMILES string of the molecule is Cc1nc(-c2ccccc2)sc1C(=O)NNC(=O)CCCc1nc(C(C)(C)C)no1. The van der Waals surface area contributed by atoms with E-state index < -0.39 is 0 Å². The lowest BCUT2D eigenvalue weighted by Crippen LogP contribution is -2.41. The van der Waals surface area contributed by atoms with Crippen LogP contribution in [-0.2, 0) is 16.6 Å². The van der Waals surface area contributed by atoms with Crippen molar-refractivity contribution < 1.29 is 14.1 Å². The number of amides is 2. The first-order chi connectivity index (χ1) is 14.2. The zero-order chi connectivity index (χ0) is 21.7. The molecule has 1 aromatic carbocycles. The maximum Gasteiger partial charge on any atom is 0.281 e. The van der Waals surface area contributed by atoms with Crippen LogP contribution in [-0.4, -0.2) is 26.9 Å². The predicted molar refractivity (Wildman–Crippen MR) is 114 cm³/mol. The third-order valence-electron chi connectivity index (χ3n) is 4.27. The van der Waals surface area contributed by atoms with Crippen LogP contribution in [0.5, 0.6) is 0 Å². The standard InChI is InChI=1S/C21H25N5O3S/c1-13-17(30-19(22-13)14-9-6-5-7-10-14)18(28)25-24-15(27)11-8-12-16-23-20(26-29-16)21(2,3)4/h5-7,9-10H,8,11-12H2,1-4H3,(H,24,27)(H,25,28). The first-order valence-electron chi connectivity index (χ1n) is 9.69. The maximum absolute atomic E-state index is 12.4. The molecule has 0 saturated carbocycles. The summed E-state index contributed by atoms with van der Waals surface area (Å²) in [5.74, 6) is 0.478. The predicted octanol–water partition coefficient (Wildman–Crippen LogP) is 3.58. The van der Waals surface area contributed by atoms with Crippen LogP contribution in [0.2, 0.25) is 0 Å². The van der Waals surface area contributed by atoms with Crippen LogP contribution >= 0.6 is 11.3 Å².